The van der Waals surface area contributed by atoms with E-state index in [2.05, 4.69) is 36.0 Å². The van der Waals surface area contributed by atoms with Crippen molar-refractivity contribution >= 4 is 23.6 Å². The van der Waals surface area contributed by atoms with Gasteiger partial charge in [0.15, 0.2) is 5.82 Å². The van der Waals surface area contributed by atoms with Gasteiger partial charge in [0, 0.05) is 4.75 Å². The fourth-order valence-corrected chi connectivity index (χ4v) is 4.76. The number of carbonyl (C=O) groups excluding carboxylic acids is 2. The average Bonchev–Trinajstić information content (AvgIpc) is 3.24. The summed E-state index contributed by atoms with van der Waals surface area (Å²) in [6.07, 6.45) is 2.81. The Hall–Kier alpha value is -2.50. The molecule has 0 aliphatic carbocycles. The summed E-state index contributed by atoms with van der Waals surface area (Å²) < 4.78 is 1.12. The third-order valence-electron chi connectivity index (χ3n) is 4.14. The summed E-state index contributed by atoms with van der Waals surface area (Å²) in [6, 6.07) is -0.829. The molecule has 11 nitrogen and oxygen atoms in total. The van der Waals surface area contributed by atoms with Crippen LogP contribution < -0.4 is 5.32 Å². The number of rotatable bonds is 4. The third-order valence-corrected chi connectivity index (χ3v) is 5.71. The van der Waals surface area contributed by atoms with Gasteiger partial charge < -0.3 is 10.2 Å². The van der Waals surface area contributed by atoms with E-state index in [9.17, 15) is 9.59 Å². The zero-order chi connectivity index (χ0) is 16.9. The van der Waals surface area contributed by atoms with E-state index >= 15 is 0 Å². The molecule has 4 rings (SSSR count). The number of hydrogen-bond donors (Lipinski definition) is 2. The van der Waals surface area contributed by atoms with Gasteiger partial charge in [-0.3, -0.25) is 9.59 Å². The second kappa shape index (κ2) is 5.26. The molecular formula is C12H15N9O2S. The van der Waals surface area contributed by atoms with Crippen LogP contribution in [0.5, 0.6) is 0 Å². The molecule has 2 N–H and O–H groups in total. The molecule has 12 heteroatoms. The van der Waals surface area contributed by atoms with Crippen LogP contribution in [0.25, 0.3) is 0 Å². The Kier molecular flexibility index (Phi) is 3.30. The van der Waals surface area contributed by atoms with Gasteiger partial charge in [-0.1, -0.05) is 5.21 Å². The van der Waals surface area contributed by atoms with Crippen molar-refractivity contribution in [3.63, 3.8) is 0 Å². The first-order valence-corrected chi connectivity index (χ1v) is 8.20. The van der Waals surface area contributed by atoms with Gasteiger partial charge in [-0.15, -0.1) is 22.0 Å². The Balaban J connectivity index is 1.48. The smallest absolute Gasteiger partial charge is 0.249 e. The quantitative estimate of drug-likeness (QED) is 0.651. The van der Waals surface area contributed by atoms with Gasteiger partial charge in [0.2, 0.25) is 11.8 Å². The van der Waals surface area contributed by atoms with Crippen LogP contribution in [0, 0.1) is 0 Å². The average molecular weight is 349 g/mol. The fraction of sp³-hybridized carbons (Fsp3) is 0.583. The molecule has 0 bridgehead atoms. The van der Waals surface area contributed by atoms with Crippen LogP contribution in [0.2, 0.25) is 0 Å². The number of hydrogen-bond acceptors (Lipinski definition) is 8. The van der Waals surface area contributed by atoms with Crippen molar-refractivity contribution in [3.8, 4) is 0 Å². The van der Waals surface area contributed by atoms with Crippen molar-refractivity contribution in [1.29, 1.82) is 0 Å². The van der Waals surface area contributed by atoms with Crippen molar-refractivity contribution < 1.29 is 9.59 Å². The van der Waals surface area contributed by atoms with E-state index < -0.39 is 6.04 Å². The Bertz CT molecular complexity index is 760. The first kappa shape index (κ1) is 15.1. The molecular weight excluding hydrogens is 334 g/mol. The summed E-state index contributed by atoms with van der Waals surface area (Å²) in [5.41, 5.74) is 0. The van der Waals surface area contributed by atoms with Gasteiger partial charge in [-0.2, -0.15) is 10.3 Å². The Labute approximate surface area is 140 Å². The minimum Gasteiger partial charge on any atom is -0.340 e. The maximum Gasteiger partial charge on any atom is 0.249 e. The maximum absolute atomic E-state index is 12.6. The summed E-state index contributed by atoms with van der Waals surface area (Å²) in [5.74, 6) is 0.0653. The molecule has 3 atom stereocenters. The van der Waals surface area contributed by atoms with E-state index in [0.717, 1.165) is 0 Å². The van der Waals surface area contributed by atoms with Crippen LogP contribution in [0.15, 0.2) is 12.7 Å². The maximum atomic E-state index is 12.6. The lowest BCUT2D eigenvalue weighted by Gasteiger charge is -2.44. The highest BCUT2D eigenvalue weighted by Crippen LogP contribution is 2.56. The predicted octanol–water partition coefficient (Wildman–Crippen LogP) is -1.29. The standard InChI is InChI=1S/C12H15N9O2S/c1-12(2)8(9-16-18-19-17-9)21-10(23)7(11(21)24-12)15-6(22)3-20-5-13-4-14-20/h4-5,7-8,11H,3H2,1-2H3,(H,15,22)(H,16,17,18,19)/t7?,8?,11-/m0/s1. The van der Waals surface area contributed by atoms with E-state index in [1.54, 1.807) is 16.7 Å². The largest absolute Gasteiger partial charge is 0.340 e. The van der Waals surface area contributed by atoms with Crippen molar-refractivity contribution in [2.45, 2.75) is 42.6 Å². The Morgan fingerprint density at radius 2 is 2.33 bits per heavy atom. The van der Waals surface area contributed by atoms with Gasteiger partial charge in [-0.25, -0.2) is 9.67 Å². The molecule has 0 aromatic carbocycles. The number of carbonyl (C=O) groups is 2. The second-order valence-corrected chi connectivity index (χ2v) is 7.94. The van der Waals surface area contributed by atoms with Gasteiger partial charge in [0.05, 0.1) is 0 Å². The number of tetrazole rings is 1. The number of aromatic nitrogens is 7. The lowest BCUT2D eigenvalue weighted by atomic mass is 9.95. The van der Waals surface area contributed by atoms with Crippen LogP contribution in [-0.2, 0) is 16.1 Å². The van der Waals surface area contributed by atoms with Crippen molar-refractivity contribution in [3.05, 3.63) is 18.5 Å². The Morgan fingerprint density at radius 1 is 1.50 bits per heavy atom. The first-order chi connectivity index (χ1) is 11.5. The van der Waals surface area contributed by atoms with Crippen molar-refractivity contribution in [2.24, 2.45) is 0 Å². The van der Waals surface area contributed by atoms with Gasteiger partial charge in [-0.05, 0) is 13.8 Å². The molecule has 0 radical (unpaired) electrons. The summed E-state index contributed by atoms with van der Waals surface area (Å²) in [4.78, 5) is 30.2. The minimum absolute atomic E-state index is 0.0266. The zero-order valence-electron chi connectivity index (χ0n) is 12.9. The predicted molar refractivity (Wildman–Crippen MR) is 81.2 cm³/mol. The van der Waals surface area contributed by atoms with E-state index in [4.69, 9.17) is 0 Å². The first-order valence-electron chi connectivity index (χ1n) is 7.32. The van der Waals surface area contributed by atoms with Gasteiger partial charge >= 0.3 is 0 Å². The number of fused-ring (bicyclic) bond motifs is 1. The molecule has 2 fully saturated rings. The monoisotopic (exact) mass is 349 g/mol. The molecule has 2 saturated heterocycles. The van der Waals surface area contributed by atoms with Crippen LogP contribution in [0.1, 0.15) is 25.7 Å². The summed E-state index contributed by atoms with van der Waals surface area (Å²) in [7, 11) is 0. The molecule has 4 heterocycles. The topological polar surface area (TPSA) is 135 Å². The molecule has 2 aromatic rings. The lowest BCUT2D eigenvalue weighted by Crippen LogP contribution is -2.68. The second-order valence-electron chi connectivity index (χ2n) is 6.17. The van der Waals surface area contributed by atoms with Crippen LogP contribution in [0.3, 0.4) is 0 Å². The van der Waals surface area contributed by atoms with Gasteiger partial charge in [0.25, 0.3) is 0 Å². The Morgan fingerprint density at radius 3 is 3.00 bits per heavy atom. The van der Waals surface area contributed by atoms with Crippen molar-refractivity contribution in [2.75, 3.05) is 0 Å². The SMILES string of the molecule is CC1(C)S[C@H]2C(NC(=O)Cn3cncn3)C(=O)N2C1c1nn[nH]n1. The number of H-pyrrole nitrogens is 1. The third kappa shape index (κ3) is 2.25. The number of β-lactam (4-membered cyclic amide) rings is 1. The van der Waals surface area contributed by atoms with E-state index in [1.165, 1.54) is 17.3 Å². The number of nitrogens with one attached hydrogen (secondary N) is 2. The van der Waals surface area contributed by atoms with Crippen LogP contribution >= 0.6 is 11.8 Å². The normalized spacial score (nSPS) is 27.7. The van der Waals surface area contributed by atoms with E-state index in [-0.39, 0.29) is 34.5 Å². The number of nitrogens with zero attached hydrogens (tertiary/aromatic N) is 7. The molecule has 0 spiro atoms. The fourth-order valence-electron chi connectivity index (χ4n) is 3.13. The van der Waals surface area contributed by atoms with Crippen LogP contribution in [0.4, 0.5) is 0 Å². The summed E-state index contributed by atoms with van der Waals surface area (Å²) in [6.45, 7) is 4.08. The molecule has 126 valence electrons. The number of amides is 2. The summed E-state index contributed by atoms with van der Waals surface area (Å²) in [5, 5.41) is 20.6. The molecule has 0 saturated carbocycles. The van der Waals surface area contributed by atoms with E-state index in [1.807, 2.05) is 13.8 Å². The number of aromatic amines is 1. The van der Waals surface area contributed by atoms with E-state index in [0.29, 0.717) is 5.82 Å². The van der Waals surface area contributed by atoms with Crippen LogP contribution in [-0.4, -0.2) is 68.3 Å². The lowest BCUT2D eigenvalue weighted by molar-refractivity contribution is -0.151. The molecule has 2 aromatic heterocycles. The highest BCUT2D eigenvalue weighted by molar-refractivity contribution is 8.01. The highest BCUT2D eigenvalue weighted by atomic mass is 32.2. The van der Waals surface area contributed by atoms with Crippen molar-refractivity contribution in [1.82, 2.24) is 45.6 Å². The molecule has 2 aliphatic rings. The molecule has 24 heavy (non-hydrogen) atoms. The zero-order valence-corrected chi connectivity index (χ0v) is 13.8. The van der Waals surface area contributed by atoms with Gasteiger partial charge in [0.1, 0.15) is 36.7 Å². The summed E-state index contributed by atoms with van der Waals surface area (Å²) >= 11 is 1.62. The number of thioether (sulfide) groups is 1. The minimum atomic E-state index is -0.554. The highest BCUT2D eigenvalue weighted by Gasteiger charge is 2.63. The molecule has 2 amide bonds. The molecule has 2 aliphatic heterocycles. The molecule has 2 unspecified atom stereocenters.